The first-order valence-electron chi connectivity index (χ1n) is 7.20. The molecule has 1 amide bonds. The Labute approximate surface area is 133 Å². The fraction of sp³-hybridized carbons (Fsp3) is 0.846. The number of amides is 1. The summed E-state index contributed by atoms with van der Waals surface area (Å²) in [6, 6.07) is 0. The normalized spacial score (nSPS) is 12.7. The van der Waals surface area contributed by atoms with E-state index in [4.69, 9.17) is 4.74 Å². The van der Waals surface area contributed by atoms with Crippen molar-refractivity contribution in [2.75, 3.05) is 38.2 Å². The van der Waals surface area contributed by atoms with Crippen molar-refractivity contribution in [2.45, 2.75) is 33.3 Å². The number of nitrogens with zero attached hydrogens (tertiary/aromatic N) is 1. The molecule has 0 rings (SSSR count). The molecule has 0 aliphatic heterocycles. The Kier molecular flexibility index (Phi) is 8.84. The number of sulfone groups is 1. The van der Waals surface area contributed by atoms with Gasteiger partial charge < -0.3 is 20.7 Å². The van der Waals surface area contributed by atoms with Gasteiger partial charge in [-0.3, -0.25) is 4.99 Å². The summed E-state index contributed by atoms with van der Waals surface area (Å²) in [5.41, 5.74) is -0.528. The van der Waals surface area contributed by atoms with Crippen LogP contribution in [0.15, 0.2) is 4.99 Å². The number of hydrogen-bond donors (Lipinski definition) is 3. The minimum atomic E-state index is -3.02. The Morgan fingerprint density at radius 1 is 1.14 bits per heavy atom. The van der Waals surface area contributed by atoms with Crippen molar-refractivity contribution >= 4 is 21.9 Å². The summed E-state index contributed by atoms with van der Waals surface area (Å²) < 4.78 is 27.2. The summed E-state index contributed by atoms with van der Waals surface area (Å²) in [5.74, 6) is 0.511. The first-order chi connectivity index (χ1) is 10.0. The largest absolute Gasteiger partial charge is 0.444 e. The smallest absolute Gasteiger partial charge is 0.407 e. The maximum absolute atomic E-state index is 11.4. The molecule has 0 fully saturated rings. The van der Waals surface area contributed by atoms with E-state index in [1.807, 2.05) is 6.92 Å². The number of carbonyl (C=O) groups excluding carboxylic acids is 1. The van der Waals surface area contributed by atoms with Crippen LogP contribution in [0.3, 0.4) is 0 Å². The number of carbonyl (C=O) groups is 1. The molecular formula is C13H28N4O4S. The molecule has 0 aliphatic rings. The lowest BCUT2D eigenvalue weighted by Crippen LogP contribution is -2.42. The first-order valence-corrected chi connectivity index (χ1v) is 9.26. The van der Waals surface area contributed by atoms with Gasteiger partial charge in [-0.25, -0.2) is 13.2 Å². The standard InChI is InChI=1S/C13H28N4O4S/c1-6-14-11(16-9-10-22(5,19)20)15-7-8-17-12(18)21-13(2,3)4/h6-10H2,1-5H3,(H,17,18)(H2,14,15,16). The molecule has 0 saturated heterocycles. The third-order valence-electron chi connectivity index (χ3n) is 2.16. The zero-order chi connectivity index (χ0) is 17.2. The minimum absolute atomic E-state index is 0.000265. The van der Waals surface area contributed by atoms with Crippen LogP contribution < -0.4 is 16.0 Å². The second-order valence-corrected chi connectivity index (χ2v) is 8.01. The lowest BCUT2D eigenvalue weighted by atomic mass is 10.2. The Hall–Kier alpha value is -1.51. The molecule has 0 heterocycles. The average Bonchev–Trinajstić information content (AvgIpc) is 2.30. The van der Waals surface area contributed by atoms with E-state index in [2.05, 4.69) is 20.9 Å². The summed E-state index contributed by atoms with van der Waals surface area (Å²) >= 11 is 0. The monoisotopic (exact) mass is 336 g/mol. The second-order valence-electron chi connectivity index (χ2n) is 5.75. The molecule has 0 bridgehead atoms. The molecule has 0 aliphatic carbocycles. The Balaban J connectivity index is 4.10. The molecule has 0 saturated carbocycles. The van der Waals surface area contributed by atoms with Crippen LogP contribution in [-0.2, 0) is 14.6 Å². The molecule has 0 aromatic carbocycles. The number of hydrogen-bond acceptors (Lipinski definition) is 5. The molecule has 8 nitrogen and oxygen atoms in total. The molecule has 9 heteroatoms. The van der Waals surface area contributed by atoms with Gasteiger partial charge in [-0.05, 0) is 27.7 Å². The van der Waals surface area contributed by atoms with Crippen LogP contribution in [0.2, 0.25) is 0 Å². The van der Waals surface area contributed by atoms with E-state index in [0.29, 0.717) is 25.6 Å². The van der Waals surface area contributed by atoms with Crippen molar-refractivity contribution in [1.82, 2.24) is 16.0 Å². The molecule has 0 atom stereocenters. The topological polar surface area (TPSA) is 109 Å². The van der Waals surface area contributed by atoms with Gasteiger partial charge in [-0.2, -0.15) is 0 Å². The minimum Gasteiger partial charge on any atom is -0.444 e. The lowest BCUT2D eigenvalue weighted by molar-refractivity contribution is 0.0529. The van der Waals surface area contributed by atoms with Gasteiger partial charge in [0.15, 0.2) is 5.96 Å². The van der Waals surface area contributed by atoms with Crippen molar-refractivity contribution in [1.29, 1.82) is 0 Å². The average molecular weight is 336 g/mol. The highest BCUT2D eigenvalue weighted by atomic mass is 32.2. The highest BCUT2D eigenvalue weighted by Gasteiger charge is 2.15. The molecule has 0 aromatic rings. The molecular weight excluding hydrogens is 308 g/mol. The summed E-state index contributed by atoms with van der Waals surface area (Å²) in [6.45, 7) is 8.95. The van der Waals surface area contributed by atoms with Crippen LogP contribution in [0.4, 0.5) is 4.79 Å². The molecule has 0 aromatic heterocycles. The quantitative estimate of drug-likeness (QED) is 0.346. The van der Waals surface area contributed by atoms with Gasteiger partial charge in [0.2, 0.25) is 0 Å². The van der Waals surface area contributed by atoms with E-state index in [1.54, 1.807) is 20.8 Å². The van der Waals surface area contributed by atoms with E-state index in [-0.39, 0.29) is 12.3 Å². The summed E-state index contributed by atoms with van der Waals surface area (Å²) in [5, 5.41) is 8.61. The van der Waals surface area contributed by atoms with E-state index in [0.717, 1.165) is 0 Å². The SMILES string of the molecule is CCNC(=NCCS(C)(=O)=O)NCCNC(=O)OC(C)(C)C. The number of alkyl carbamates (subject to hydrolysis) is 1. The maximum atomic E-state index is 11.4. The van der Waals surface area contributed by atoms with Gasteiger partial charge in [0, 0.05) is 25.9 Å². The third-order valence-corrected chi connectivity index (χ3v) is 3.09. The van der Waals surface area contributed by atoms with Crippen LogP contribution in [0, 0.1) is 0 Å². The van der Waals surface area contributed by atoms with Crippen molar-refractivity contribution in [3.63, 3.8) is 0 Å². The van der Waals surface area contributed by atoms with Gasteiger partial charge in [-0.15, -0.1) is 0 Å². The predicted molar refractivity (Wildman–Crippen MR) is 87.9 cm³/mol. The number of ether oxygens (including phenoxy) is 1. The zero-order valence-corrected chi connectivity index (χ0v) is 14.8. The highest BCUT2D eigenvalue weighted by Crippen LogP contribution is 2.05. The van der Waals surface area contributed by atoms with Crippen molar-refractivity contribution in [2.24, 2.45) is 4.99 Å². The third kappa shape index (κ3) is 13.5. The van der Waals surface area contributed by atoms with Gasteiger partial charge in [0.25, 0.3) is 0 Å². The first kappa shape index (κ1) is 20.5. The Bertz CT molecular complexity index is 469. The van der Waals surface area contributed by atoms with Gasteiger partial charge >= 0.3 is 6.09 Å². The summed E-state index contributed by atoms with van der Waals surface area (Å²) in [4.78, 5) is 15.6. The van der Waals surface area contributed by atoms with E-state index >= 15 is 0 Å². The summed E-state index contributed by atoms with van der Waals surface area (Å²) in [6.07, 6.45) is 0.696. The molecule has 0 spiro atoms. The molecule has 22 heavy (non-hydrogen) atoms. The lowest BCUT2D eigenvalue weighted by Gasteiger charge is -2.19. The second kappa shape index (κ2) is 9.50. The van der Waals surface area contributed by atoms with Crippen LogP contribution in [0.5, 0.6) is 0 Å². The van der Waals surface area contributed by atoms with E-state index in [9.17, 15) is 13.2 Å². The Morgan fingerprint density at radius 3 is 2.23 bits per heavy atom. The molecule has 130 valence electrons. The van der Waals surface area contributed by atoms with Crippen LogP contribution in [-0.4, -0.2) is 64.3 Å². The number of nitrogens with one attached hydrogen (secondary N) is 3. The van der Waals surface area contributed by atoms with E-state index in [1.165, 1.54) is 6.26 Å². The predicted octanol–water partition coefficient (Wildman–Crippen LogP) is 0.111. The number of guanidine groups is 1. The van der Waals surface area contributed by atoms with Gasteiger partial charge in [0.05, 0.1) is 12.3 Å². The maximum Gasteiger partial charge on any atom is 0.407 e. The fourth-order valence-electron chi connectivity index (χ4n) is 1.32. The highest BCUT2D eigenvalue weighted by molar-refractivity contribution is 7.90. The van der Waals surface area contributed by atoms with Crippen LogP contribution >= 0.6 is 0 Å². The van der Waals surface area contributed by atoms with Crippen molar-refractivity contribution in [3.8, 4) is 0 Å². The van der Waals surface area contributed by atoms with Crippen molar-refractivity contribution in [3.05, 3.63) is 0 Å². The van der Waals surface area contributed by atoms with Gasteiger partial charge in [0.1, 0.15) is 15.4 Å². The number of aliphatic imine (C=N–C) groups is 1. The Morgan fingerprint density at radius 2 is 1.73 bits per heavy atom. The fourth-order valence-corrected chi connectivity index (χ4v) is 1.75. The molecule has 3 N–H and O–H groups in total. The molecule has 0 radical (unpaired) electrons. The van der Waals surface area contributed by atoms with Crippen LogP contribution in [0.25, 0.3) is 0 Å². The summed E-state index contributed by atoms with van der Waals surface area (Å²) in [7, 11) is -3.02. The van der Waals surface area contributed by atoms with Gasteiger partial charge in [-0.1, -0.05) is 0 Å². The van der Waals surface area contributed by atoms with E-state index < -0.39 is 21.5 Å². The zero-order valence-electron chi connectivity index (χ0n) is 14.0. The van der Waals surface area contributed by atoms with Crippen LogP contribution in [0.1, 0.15) is 27.7 Å². The number of rotatable bonds is 7. The van der Waals surface area contributed by atoms with Crippen molar-refractivity contribution < 1.29 is 17.9 Å². The molecule has 0 unspecified atom stereocenters.